The predicted molar refractivity (Wildman–Crippen MR) is 111 cm³/mol. The molecule has 0 spiro atoms. The fraction of sp³-hybridized carbons (Fsp3) is 0.227. The Morgan fingerprint density at radius 3 is 2.50 bits per heavy atom. The number of aryl methyl sites for hydroxylation is 1. The van der Waals surface area contributed by atoms with Gasteiger partial charge in [-0.1, -0.05) is 36.4 Å². The van der Waals surface area contributed by atoms with Gasteiger partial charge in [-0.25, -0.2) is 9.97 Å². The largest absolute Gasteiger partial charge is 0.496 e. The normalized spacial score (nSPS) is 10.4. The summed E-state index contributed by atoms with van der Waals surface area (Å²) >= 11 is 0. The first-order chi connectivity index (χ1) is 13.6. The third kappa shape index (κ3) is 4.46. The van der Waals surface area contributed by atoms with E-state index in [2.05, 4.69) is 15.3 Å². The summed E-state index contributed by atoms with van der Waals surface area (Å²) < 4.78 is 5.38. The van der Waals surface area contributed by atoms with Gasteiger partial charge >= 0.3 is 0 Å². The molecule has 28 heavy (non-hydrogen) atoms. The maximum Gasteiger partial charge on any atom is 0.277 e. The molecule has 0 radical (unpaired) electrons. The molecule has 1 aromatic heterocycles. The van der Waals surface area contributed by atoms with Gasteiger partial charge in [0.25, 0.3) is 5.91 Å². The number of rotatable bonds is 7. The number of carbonyl (C=O) groups excluding carboxylic acids is 1. The molecule has 3 aromatic rings. The van der Waals surface area contributed by atoms with Crippen molar-refractivity contribution in [2.75, 3.05) is 23.9 Å². The zero-order valence-corrected chi connectivity index (χ0v) is 16.3. The molecule has 0 saturated carbocycles. The number of anilines is 2. The molecule has 6 nitrogen and oxygen atoms in total. The fourth-order valence-corrected chi connectivity index (χ4v) is 2.99. The Hall–Kier alpha value is -3.41. The molecule has 2 aromatic carbocycles. The standard InChI is InChI=1S/C22H24N4O2/c1-4-26(18-11-6-5-7-12-18)22(27)19-14-21(25-16(2)24-19)23-15-17-10-8-9-13-20(17)28-3/h5-14H,4,15H2,1-3H3,(H,23,24,25). The van der Waals surface area contributed by atoms with Gasteiger partial charge in [0.2, 0.25) is 0 Å². The lowest BCUT2D eigenvalue weighted by Gasteiger charge is -2.21. The monoisotopic (exact) mass is 376 g/mol. The van der Waals surface area contributed by atoms with Crippen LogP contribution in [0.4, 0.5) is 11.5 Å². The van der Waals surface area contributed by atoms with Crippen molar-refractivity contribution in [2.45, 2.75) is 20.4 Å². The molecule has 6 heteroatoms. The lowest BCUT2D eigenvalue weighted by molar-refractivity contribution is 0.0983. The molecule has 0 unspecified atom stereocenters. The predicted octanol–water partition coefficient (Wildman–Crippen LogP) is 4.07. The minimum absolute atomic E-state index is 0.153. The van der Waals surface area contributed by atoms with Crippen molar-refractivity contribution >= 4 is 17.4 Å². The second-order valence-corrected chi connectivity index (χ2v) is 6.24. The lowest BCUT2D eigenvalue weighted by atomic mass is 10.2. The molecule has 0 bridgehead atoms. The topological polar surface area (TPSA) is 67.4 Å². The highest BCUT2D eigenvalue weighted by atomic mass is 16.5. The van der Waals surface area contributed by atoms with E-state index in [1.54, 1.807) is 25.0 Å². The average Bonchev–Trinajstić information content (AvgIpc) is 2.73. The maximum absolute atomic E-state index is 13.0. The van der Waals surface area contributed by atoms with Gasteiger partial charge in [0.15, 0.2) is 0 Å². The average molecular weight is 376 g/mol. The van der Waals surface area contributed by atoms with Crippen LogP contribution in [0.25, 0.3) is 0 Å². The zero-order chi connectivity index (χ0) is 19.9. The number of nitrogens with one attached hydrogen (secondary N) is 1. The van der Waals surface area contributed by atoms with E-state index in [0.717, 1.165) is 17.0 Å². The number of ether oxygens (including phenoxy) is 1. The first-order valence-corrected chi connectivity index (χ1v) is 9.20. The molecule has 1 amide bonds. The molecular weight excluding hydrogens is 352 g/mol. The van der Waals surface area contributed by atoms with Crippen LogP contribution in [0.1, 0.15) is 28.8 Å². The van der Waals surface area contributed by atoms with Crippen LogP contribution < -0.4 is 15.0 Å². The summed E-state index contributed by atoms with van der Waals surface area (Å²) in [6.07, 6.45) is 0. The van der Waals surface area contributed by atoms with Crippen LogP contribution in [0.3, 0.4) is 0 Å². The number of amides is 1. The van der Waals surface area contributed by atoms with Crippen LogP contribution in [0.15, 0.2) is 60.7 Å². The summed E-state index contributed by atoms with van der Waals surface area (Å²) in [6.45, 7) is 4.81. The summed E-state index contributed by atoms with van der Waals surface area (Å²) in [7, 11) is 1.65. The Kier molecular flexibility index (Phi) is 6.22. The third-order valence-corrected chi connectivity index (χ3v) is 4.34. The van der Waals surface area contributed by atoms with E-state index < -0.39 is 0 Å². The molecular formula is C22H24N4O2. The minimum Gasteiger partial charge on any atom is -0.496 e. The number of hydrogen-bond acceptors (Lipinski definition) is 5. The molecule has 0 atom stereocenters. The van der Waals surface area contributed by atoms with E-state index in [-0.39, 0.29) is 5.91 Å². The second kappa shape index (κ2) is 8.99. The molecule has 0 aliphatic carbocycles. The summed E-state index contributed by atoms with van der Waals surface area (Å²) in [5.74, 6) is 1.79. The van der Waals surface area contributed by atoms with E-state index in [4.69, 9.17) is 4.74 Å². The Morgan fingerprint density at radius 1 is 1.07 bits per heavy atom. The van der Waals surface area contributed by atoms with Gasteiger partial charge in [0, 0.05) is 30.4 Å². The first-order valence-electron chi connectivity index (χ1n) is 9.20. The Morgan fingerprint density at radius 2 is 1.79 bits per heavy atom. The Bertz CT molecular complexity index is 944. The van der Waals surface area contributed by atoms with Gasteiger partial charge in [-0.15, -0.1) is 0 Å². The van der Waals surface area contributed by atoms with Crippen molar-refractivity contribution in [3.8, 4) is 5.75 Å². The van der Waals surface area contributed by atoms with Crippen LogP contribution in [-0.2, 0) is 6.54 Å². The van der Waals surface area contributed by atoms with Crippen LogP contribution in [0, 0.1) is 6.92 Å². The van der Waals surface area contributed by atoms with Gasteiger partial charge in [0.1, 0.15) is 23.1 Å². The van der Waals surface area contributed by atoms with E-state index in [0.29, 0.717) is 30.4 Å². The minimum atomic E-state index is -0.153. The van der Waals surface area contributed by atoms with Crippen molar-refractivity contribution in [3.63, 3.8) is 0 Å². The first kappa shape index (κ1) is 19.4. The van der Waals surface area contributed by atoms with Crippen molar-refractivity contribution in [2.24, 2.45) is 0 Å². The van der Waals surface area contributed by atoms with Crippen LogP contribution in [-0.4, -0.2) is 29.5 Å². The van der Waals surface area contributed by atoms with Gasteiger partial charge < -0.3 is 15.0 Å². The third-order valence-electron chi connectivity index (χ3n) is 4.34. The number of aromatic nitrogens is 2. The van der Waals surface area contributed by atoms with E-state index in [1.165, 1.54) is 0 Å². The van der Waals surface area contributed by atoms with Crippen molar-refractivity contribution in [1.29, 1.82) is 0 Å². The van der Waals surface area contributed by atoms with E-state index in [1.807, 2.05) is 61.5 Å². The molecule has 0 saturated heterocycles. The summed E-state index contributed by atoms with van der Waals surface area (Å²) in [5.41, 5.74) is 2.21. The van der Waals surface area contributed by atoms with E-state index >= 15 is 0 Å². The van der Waals surface area contributed by atoms with Crippen LogP contribution in [0.2, 0.25) is 0 Å². The number of hydrogen-bond donors (Lipinski definition) is 1. The number of para-hydroxylation sites is 2. The molecule has 1 heterocycles. The summed E-state index contributed by atoms with van der Waals surface area (Å²) in [5, 5.41) is 3.27. The van der Waals surface area contributed by atoms with Gasteiger partial charge in [0.05, 0.1) is 7.11 Å². The SMILES string of the molecule is CCN(C(=O)c1cc(NCc2ccccc2OC)nc(C)n1)c1ccccc1. The van der Waals surface area contributed by atoms with Gasteiger partial charge in [-0.05, 0) is 32.0 Å². The quantitative estimate of drug-likeness (QED) is 0.673. The van der Waals surface area contributed by atoms with Crippen molar-refractivity contribution in [3.05, 3.63) is 77.7 Å². The highest BCUT2D eigenvalue weighted by Crippen LogP contribution is 2.20. The van der Waals surface area contributed by atoms with Crippen LogP contribution in [0.5, 0.6) is 5.75 Å². The summed E-state index contributed by atoms with van der Waals surface area (Å²) in [4.78, 5) is 23.5. The maximum atomic E-state index is 13.0. The van der Waals surface area contributed by atoms with Crippen molar-refractivity contribution < 1.29 is 9.53 Å². The highest BCUT2D eigenvalue weighted by molar-refractivity contribution is 6.05. The molecule has 0 aliphatic rings. The summed E-state index contributed by atoms with van der Waals surface area (Å²) in [6, 6.07) is 19.1. The number of nitrogens with zero attached hydrogens (tertiary/aromatic N) is 3. The van der Waals surface area contributed by atoms with Crippen LogP contribution >= 0.6 is 0 Å². The van der Waals surface area contributed by atoms with Gasteiger partial charge in [-0.3, -0.25) is 4.79 Å². The smallest absolute Gasteiger partial charge is 0.277 e. The van der Waals surface area contributed by atoms with Crippen molar-refractivity contribution in [1.82, 2.24) is 9.97 Å². The lowest BCUT2D eigenvalue weighted by Crippen LogP contribution is -2.31. The second-order valence-electron chi connectivity index (χ2n) is 6.24. The number of carbonyl (C=O) groups is 1. The Balaban J connectivity index is 1.82. The molecule has 1 N–H and O–H groups in total. The Labute approximate surface area is 165 Å². The molecule has 0 aliphatic heterocycles. The zero-order valence-electron chi connectivity index (χ0n) is 16.3. The van der Waals surface area contributed by atoms with E-state index in [9.17, 15) is 4.79 Å². The highest BCUT2D eigenvalue weighted by Gasteiger charge is 2.18. The number of benzene rings is 2. The van der Waals surface area contributed by atoms with Gasteiger partial charge in [-0.2, -0.15) is 0 Å². The molecule has 3 rings (SSSR count). The molecule has 144 valence electrons. The molecule has 0 fully saturated rings. The fourth-order valence-electron chi connectivity index (χ4n) is 2.99. The number of methoxy groups -OCH3 is 1.